The molecule has 1 heterocycles. The van der Waals surface area contributed by atoms with Crippen LogP contribution in [0.2, 0.25) is 0 Å². The molecule has 2 rings (SSSR count). The number of hydrogen-bond donors (Lipinski definition) is 2. The predicted octanol–water partition coefficient (Wildman–Crippen LogP) is 1.77. The monoisotopic (exact) mass is 232 g/mol. The highest BCUT2D eigenvalue weighted by Gasteiger charge is 2.07. The molecule has 17 heavy (non-hydrogen) atoms. The highest BCUT2D eigenvalue weighted by molar-refractivity contribution is 5.30. The van der Waals surface area contributed by atoms with E-state index in [2.05, 4.69) is 5.43 Å². The van der Waals surface area contributed by atoms with Crippen molar-refractivity contribution in [2.45, 2.75) is 6.10 Å². The molecule has 0 bridgehead atoms. The Bertz CT molecular complexity index is 454. The molecule has 2 N–H and O–H groups in total. The Kier molecular flexibility index (Phi) is 3.67. The van der Waals surface area contributed by atoms with Gasteiger partial charge in [-0.25, -0.2) is 0 Å². The van der Waals surface area contributed by atoms with Gasteiger partial charge in [-0.05, 0) is 29.8 Å². The van der Waals surface area contributed by atoms with Crippen LogP contribution in [0.5, 0.6) is 5.75 Å². The lowest BCUT2D eigenvalue weighted by molar-refractivity contribution is 0.187. The van der Waals surface area contributed by atoms with E-state index in [-0.39, 0.29) is 0 Å². The summed E-state index contributed by atoms with van der Waals surface area (Å²) in [5.41, 5.74) is 3.92. The number of rotatable bonds is 5. The number of nitrogens with one attached hydrogen (secondary N) is 1. The van der Waals surface area contributed by atoms with Crippen LogP contribution in [0.3, 0.4) is 0 Å². The van der Waals surface area contributed by atoms with Gasteiger partial charge in [0.2, 0.25) is 0 Å². The second-order valence-electron chi connectivity index (χ2n) is 3.74. The first-order chi connectivity index (χ1) is 8.29. The van der Waals surface area contributed by atoms with E-state index in [4.69, 9.17) is 4.74 Å². The van der Waals surface area contributed by atoms with Gasteiger partial charge in [0.25, 0.3) is 0 Å². The number of methoxy groups -OCH3 is 1. The normalized spacial score (nSPS) is 12.1. The van der Waals surface area contributed by atoms with Crippen LogP contribution in [0, 0.1) is 0 Å². The van der Waals surface area contributed by atoms with Crippen molar-refractivity contribution in [3.63, 3.8) is 0 Å². The summed E-state index contributed by atoms with van der Waals surface area (Å²) in [7, 11) is 1.61. The van der Waals surface area contributed by atoms with E-state index in [0.717, 1.165) is 11.3 Å². The molecule has 0 aliphatic heterocycles. The third-order valence-electron chi connectivity index (χ3n) is 2.55. The van der Waals surface area contributed by atoms with E-state index in [9.17, 15) is 5.11 Å². The molecule has 1 aromatic carbocycles. The molecule has 0 fully saturated rings. The molecule has 2 aromatic rings. The molecule has 0 aliphatic rings. The molecular formula is C13H16N2O2. The van der Waals surface area contributed by atoms with E-state index in [1.165, 1.54) is 0 Å². The second-order valence-corrected chi connectivity index (χ2v) is 3.74. The van der Waals surface area contributed by atoms with Crippen LogP contribution < -0.4 is 10.2 Å². The quantitative estimate of drug-likeness (QED) is 0.826. The minimum atomic E-state index is -0.563. The molecular weight excluding hydrogens is 216 g/mol. The zero-order valence-electron chi connectivity index (χ0n) is 9.71. The topological polar surface area (TPSA) is 46.4 Å². The first-order valence-corrected chi connectivity index (χ1v) is 5.48. The number of ether oxygens (including phenoxy) is 1. The fourth-order valence-electron chi connectivity index (χ4n) is 1.60. The van der Waals surface area contributed by atoms with Crippen molar-refractivity contribution in [3.05, 3.63) is 54.4 Å². The summed E-state index contributed by atoms with van der Waals surface area (Å²) in [6.07, 6.45) is 3.21. The molecule has 4 nitrogen and oxygen atoms in total. The molecule has 1 atom stereocenters. The Hall–Kier alpha value is -1.94. The van der Waals surface area contributed by atoms with E-state index in [0.29, 0.717) is 6.54 Å². The van der Waals surface area contributed by atoms with Gasteiger partial charge in [0.05, 0.1) is 19.8 Å². The molecule has 0 saturated heterocycles. The van der Waals surface area contributed by atoms with Gasteiger partial charge in [-0.2, -0.15) is 0 Å². The number of nitrogens with zero attached hydrogens (tertiary/aromatic N) is 1. The fraction of sp³-hybridized carbons (Fsp3) is 0.231. The molecule has 1 unspecified atom stereocenters. The minimum Gasteiger partial charge on any atom is -0.497 e. The second kappa shape index (κ2) is 5.41. The van der Waals surface area contributed by atoms with Gasteiger partial charge >= 0.3 is 0 Å². The highest BCUT2D eigenvalue weighted by atomic mass is 16.5. The zero-order chi connectivity index (χ0) is 12.1. The van der Waals surface area contributed by atoms with Crippen LogP contribution in [-0.4, -0.2) is 23.4 Å². The maximum atomic E-state index is 10.0. The van der Waals surface area contributed by atoms with Gasteiger partial charge < -0.3 is 15.3 Å². The number of hydrogen-bond acceptors (Lipinski definition) is 3. The molecule has 0 aliphatic carbocycles. The Labute approximate surface area is 100 Å². The van der Waals surface area contributed by atoms with Crippen molar-refractivity contribution >= 4 is 0 Å². The van der Waals surface area contributed by atoms with Gasteiger partial charge in [0.15, 0.2) is 0 Å². The summed E-state index contributed by atoms with van der Waals surface area (Å²) in [4.78, 5) is 0. The van der Waals surface area contributed by atoms with Crippen LogP contribution in [0.4, 0.5) is 0 Å². The highest BCUT2D eigenvalue weighted by Crippen LogP contribution is 2.18. The summed E-state index contributed by atoms with van der Waals surface area (Å²) in [5.74, 6) is 0.752. The first kappa shape index (κ1) is 11.5. The standard InChI is InChI=1S/C13H16N2O2/c1-17-12-6-4-5-11(9-12)13(16)10-14-15-7-2-3-8-15/h2-9,13-14,16H,10H2,1H3. The largest absolute Gasteiger partial charge is 0.497 e. The van der Waals surface area contributed by atoms with Crippen molar-refractivity contribution in [2.75, 3.05) is 19.1 Å². The minimum absolute atomic E-state index is 0.446. The molecule has 0 radical (unpaired) electrons. The van der Waals surface area contributed by atoms with Gasteiger partial charge in [-0.15, -0.1) is 0 Å². The molecule has 0 saturated carbocycles. The van der Waals surface area contributed by atoms with Crippen molar-refractivity contribution in [1.82, 2.24) is 4.68 Å². The molecule has 4 heteroatoms. The van der Waals surface area contributed by atoms with Gasteiger partial charge in [-0.3, -0.25) is 4.68 Å². The van der Waals surface area contributed by atoms with Gasteiger partial charge in [0.1, 0.15) is 5.75 Å². The lowest BCUT2D eigenvalue weighted by Gasteiger charge is -2.14. The van der Waals surface area contributed by atoms with Crippen LogP contribution in [0.25, 0.3) is 0 Å². The summed E-state index contributed by atoms with van der Waals surface area (Å²) >= 11 is 0. The smallest absolute Gasteiger partial charge is 0.119 e. The Morgan fingerprint density at radius 3 is 2.76 bits per heavy atom. The Balaban J connectivity index is 1.96. The summed E-state index contributed by atoms with van der Waals surface area (Å²) in [6, 6.07) is 11.3. The lowest BCUT2D eigenvalue weighted by atomic mass is 10.1. The van der Waals surface area contributed by atoms with Crippen LogP contribution in [0.15, 0.2) is 48.8 Å². The summed E-state index contributed by atoms with van der Waals surface area (Å²) in [6.45, 7) is 0.446. The fourth-order valence-corrected chi connectivity index (χ4v) is 1.60. The molecule has 1 aromatic heterocycles. The Morgan fingerprint density at radius 2 is 2.06 bits per heavy atom. The first-order valence-electron chi connectivity index (χ1n) is 5.48. The molecule has 0 amide bonds. The SMILES string of the molecule is COc1cccc(C(O)CNn2cccc2)c1. The van der Waals surface area contributed by atoms with Crippen LogP contribution >= 0.6 is 0 Å². The molecule has 90 valence electrons. The maximum Gasteiger partial charge on any atom is 0.119 e. The van der Waals surface area contributed by atoms with Crippen LogP contribution in [0.1, 0.15) is 11.7 Å². The van der Waals surface area contributed by atoms with Crippen molar-refractivity contribution < 1.29 is 9.84 Å². The van der Waals surface area contributed by atoms with Crippen molar-refractivity contribution in [2.24, 2.45) is 0 Å². The number of aliphatic hydroxyl groups is 1. The van der Waals surface area contributed by atoms with E-state index < -0.39 is 6.10 Å². The van der Waals surface area contributed by atoms with Gasteiger partial charge in [0, 0.05) is 12.4 Å². The van der Waals surface area contributed by atoms with Crippen molar-refractivity contribution in [3.8, 4) is 5.75 Å². The van der Waals surface area contributed by atoms with Gasteiger partial charge in [-0.1, -0.05) is 12.1 Å². The number of benzene rings is 1. The molecule has 0 spiro atoms. The average Bonchev–Trinajstić information content (AvgIpc) is 2.89. The third kappa shape index (κ3) is 3.01. The zero-order valence-corrected chi connectivity index (χ0v) is 9.71. The average molecular weight is 232 g/mol. The van der Waals surface area contributed by atoms with Crippen LogP contribution in [-0.2, 0) is 0 Å². The number of aromatic nitrogens is 1. The number of aliphatic hydroxyl groups excluding tert-OH is 1. The summed E-state index contributed by atoms with van der Waals surface area (Å²) < 4.78 is 6.93. The maximum absolute atomic E-state index is 10.0. The van der Waals surface area contributed by atoms with Crippen molar-refractivity contribution in [1.29, 1.82) is 0 Å². The lowest BCUT2D eigenvalue weighted by Crippen LogP contribution is -2.19. The van der Waals surface area contributed by atoms with E-state index in [1.807, 2.05) is 53.5 Å². The predicted molar refractivity (Wildman–Crippen MR) is 66.6 cm³/mol. The third-order valence-corrected chi connectivity index (χ3v) is 2.55. The van der Waals surface area contributed by atoms with E-state index >= 15 is 0 Å². The summed E-state index contributed by atoms with van der Waals surface area (Å²) in [5, 5.41) is 10.0. The Morgan fingerprint density at radius 1 is 1.29 bits per heavy atom. The van der Waals surface area contributed by atoms with E-state index in [1.54, 1.807) is 7.11 Å².